The summed E-state index contributed by atoms with van der Waals surface area (Å²) in [5, 5.41) is 19.9. The molecular weight excluding hydrogens is 454 g/mol. The first kappa shape index (κ1) is 22.1. The van der Waals surface area contributed by atoms with Gasteiger partial charge in [0.05, 0.1) is 16.3 Å². The Balaban J connectivity index is 1.44. The molecule has 0 radical (unpaired) electrons. The van der Waals surface area contributed by atoms with Crippen LogP contribution in [0.25, 0.3) is 5.69 Å². The van der Waals surface area contributed by atoms with E-state index in [4.69, 9.17) is 0 Å². The van der Waals surface area contributed by atoms with Crippen LogP contribution in [0.15, 0.2) is 52.1 Å². The first-order valence-electron chi connectivity index (χ1n) is 9.92. The standard InChI is InChI=1S/C20H21N5O5S2/c1-14-13-18(24(22-14)16-4-6-17(7-5-16)25(27)28)21-20(26)15-8-10-23(11-9-15)32(29,30)19-3-2-12-31-19/h2-7,12-13,15H,8-11H2,1H3,(H,21,26). The number of carbonyl (C=O) groups excluding carboxylic acids is 1. The third kappa shape index (κ3) is 4.42. The molecule has 0 bridgehead atoms. The highest BCUT2D eigenvalue weighted by Gasteiger charge is 2.33. The van der Waals surface area contributed by atoms with Crippen molar-refractivity contribution in [3.05, 3.63) is 63.7 Å². The lowest BCUT2D eigenvalue weighted by atomic mass is 9.97. The van der Waals surface area contributed by atoms with Crippen LogP contribution in [0.2, 0.25) is 0 Å². The van der Waals surface area contributed by atoms with Crippen molar-refractivity contribution in [1.29, 1.82) is 0 Å². The van der Waals surface area contributed by atoms with Crippen molar-refractivity contribution in [3.8, 4) is 5.69 Å². The van der Waals surface area contributed by atoms with E-state index in [1.54, 1.807) is 42.6 Å². The molecule has 0 aliphatic carbocycles. The Morgan fingerprint density at radius 2 is 1.91 bits per heavy atom. The number of thiophene rings is 1. The van der Waals surface area contributed by atoms with Gasteiger partial charge in [0.25, 0.3) is 15.7 Å². The van der Waals surface area contributed by atoms with Crippen molar-refractivity contribution in [1.82, 2.24) is 14.1 Å². The fraction of sp³-hybridized carbons (Fsp3) is 0.300. The van der Waals surface area contributed by atoms with Crippen LogP contribution in [0.3, 0.4) is 0 Å². The maximum absolute atomic E-state index is 12.9. The Morgan fingerprint density at radius 3 is 2.50 bits per heavy atom. The van der Waals surface area contributed by atoms with Crippen LogP contribution in [0.1, 0.15) is 18.5 Å². The number of nitro groups is 1. The van der Waals surface area contributed by atoms with Crippen LogP contribution in [-0.2, 0) is 14.8 Å². The van der Waals surface area contributed by atoms with Crippen molar-refractivity contribution in [3.63, 3.8) is 0 Å². The van der Waals surface area contributed by atoms with Gasteiger partial charge < -0.3 is 5.32 Å². The van der Waals surface area contributed by atoms with Crippen LogP contribution < -0.4 is 5.32 Å². The molecule has 0 unspecified atom stereocenters. The molecule has 12 heteroatoms. The van der Waals surface area contributed by atoms with Crippen LogP contribution in [0.4, 0.5) is 11.5 Å². The number of sulfonamides is 1. The maximum Gasteiger partial charge on any atom is 0.269 e. The number of nitrogens with one attached hydrogen (secondary N) is 1. The molecule has 1 N–H and O–H groups in total. The van der Waals surface area contributed by atoms with Crippen molar-refractivity contribution < 1.29 is 18.1 Å². The van der Waals surface area contributed by atoms with E-state index in [-0.39, 0.29) is 30.6 Å². The lowest BCUT2D eigenvalue weighted by molar-refractivity contribution is -0.384. The summed E-state index contributed by atoms with van der Waals surface area (Å²) in [6, 6.07) is 10.9. The number of amides is 1. The number of benzene rings is 1. The van der Waals surface area contributed by atoms with Gasteiger partial charge in [-0.15, -0.1) is 11.3 Å². The monoisotopic (exact) mass is 475 g/mol. The largest absolute Gasteiger partial charge is 0.310 e. The number of carbonyl (C=O) groups is 1. The minimum atomic E-state index is -3.52. The molecule has 10 nitrogen and oxygen atoms in total. The summed E-state index contributed by atoms with van der Waals surface area (Å²) in [6.45, 7) is 2.34. The SMILES string of the molecule is Cc1cc(NC(=O)C2CCN(S(=O)(=O)c3cccs3)CC2)n(-c2ccc([N+](=O)[O-])cc2)n1. The fourth-order valence-corrected chi connectivity index (χ4v) is 6.24. The summed E-state index contributed by atoms with van der Waals surface area (Å²) >= 11 is 1.18. The summed E-state index contributed by atoms with van der Waals surface area (Å²) in [4.78, 5) is 23.3. The second-order valence-corrected chi connectivity index (χ2v) is 10.6. The van der Waals surface area contributed by atoms with Gasteiger partial charge >= 0.3 is 0 Å². The molecule has 1 aliphatic heterocycles. The molecule has 4 rings (SSSR count). The second-order valence-electron chi connectivity index (χ2n) is 7.46. The van der Waals surface area contributed by atoms with Crippen molar-refractivity contribution in [2.75, 3.05) is 18.4 Å². The van der Waals surface area contributed by atoms with E-state index in [2.05, 4.69) is 10.4 Å². The number of nitro benzene ring substituents is 1. The molecule has 0 saturated carbocycles. The molecule has 1 aliphatic rings. The number of aromatic nitrogens is 2. The molecule has 1 saturated heterocycles. The smallest absolute Gasteiger partial charge is 0.269 e. The minimum Gasteiger partial charge on any atom is -0.310 e. The highest BCUT2D eigenvalue weighted by atomic mass is 32.2. The first-order chi connectivity index (χ1) is 15.3. The summed E-state index contributed by atoms with van der Waals surface area (Å²) in [5.74, 6) is -0.0819. The summed E-state index contributed by atoms with van der Waals surface area (Å²) in [7, 11) is -3.52. The number of aryl methyl sites for hydroxylation is 1. The number of hydrogen-bond acceptors (Lipinski definition) is 7. The van der Waals surface area contributed by atoms with E-state index in [0.29, 0.717) is 34.2 Å². The lowest BCUT2D eigenvalue weighted by Gasteiger charge is -2.30. The minimum absolute atomic E-state index is 0.0347. The van der Waals surface area contributed by atoms with E-state index in [0.717, 1.165) is 0 Å². The van der Waals surface area contributed by atoms with Gasteiger partial charge in [-0.1, -0.05) is 6.07 Å². The van der Waals surface area contributed by atoms with Crippen molar-refractivity contribution >= 4 is 38.8 Å². The zero-order chi connectivity index (χ0) is 22.9. The average molecular weight is 476 g/mol. The molecular formula is C20H21N5O5S2. The number of hydrogen-bond donors (Lipinski definition) is 1. The average Bonchev–Trinajstić information content (AvgIpc) is 3.44. The third-order valence-corrected chi connectivity index (χ3v) is 8.57. The van der Waals surface area contributed by atoms with E-state index in [1.807, 2.05) is 0 Å². The maximum atomic E-state index is 12.9. The quantitative estimate of drug-likeness (QED) is 0.431. The topological polar surface area (TPSA) is 127 Å². The van der Waals surface area contributed by atoms with Crippen LogP contribution in [0.5, 0.6) is 0 Å². The Labute approximate surface area is 188 Å². The first-order valence-corrected chi connectivity index (χ1v) is 12.2. The Kier molecular flexibility index (Phi) is 6.09. The predicted molar refractivity (Wildman–Crippen MR) is 119 cm³/mol. The number of non-ortho nitro benzene ring substituents is 1. The zero-order valence-electron chi connectivity index (χ0n) is 17.2. The molecule has 0 atom stereocenters. The highest BCUT2D eigenvalue weighted by molar-refractivity contribution is 7.91. The third-order valence-electron chi connectivity index (χ3n) is 5.30. The van der Waals surface area contributed by atoms with Crippen molar-refractivity contribution in [2.45, 2.75) is 24.0 Å². The van der Waals surface area contributed by atoms with Gasteiger partial charge in [0.2, 0.25) is 5.91 Å². The zero-order valence-corrected chi connectivity index (χ0v) is 18.8. The van der Waals surface area contributed by atoms with E-state index in [9.17, 15) is 23.3 Å². The molecule has 1 aromatic carbocycles. The van der Waals surface area contributed by atoms with Crippen molar-refractivity contribution in [2.24, 2.45) is 5.92 Å². The van der Waals surface area contributed by atoms with Gasteiger partial charge in [0, 0.05) is 37.2 Å². The molecule has 168 valence electrons. The molecule has 1 fully saturated rings. The Hall–Kier alpha value is -3.09. The molecule has 0 spiro atoms. The number of rotatable bonds is 6. The van der Waals surface area contributed by atoms with Gasteiger partial charge in [-0.3, -0.25) is 14.9 Å². The summed E-state index contributed by atoms with van der Waals surface area (Å²) in [6.07, 6.45) is 0.835. The highest BCUT2D eigenvalue weighted by Crippen LogP contribution is 2.27. The van der Waals surface area contributed by atoms with E-state index >= 15 is 0 Å². The summed E-state index contributed by atoms with van der Waals surface area (Å²) < 4.78 is 28.6. The second kappa shape index (κ2) is 8.81. The Morgan fingerprint density at radius 1 is 1.22 bits per heavy atom. The van der Waals surface area contributed by atoms with Gasteiger partial charge in [-0.05, 0) is 43.3 Å². The lowest BCUT2D eigenvalue weighted by Crippen LogP contribution is -2.41. The normalized spacial score (nSPS) is 15.5. The molecule has 3 heterocycles. The fourth-order valence-electron chi connectivity index (χ4n) is 3.63. The van der Waals surface area contributed by atoms with Gasteiger partial charge in [-0.25, -0.2) is 13.1 Å². The van der Waals surface area contributed by atoms with Gasteiger partial charge in [-0.2, -0.15) is 9.40 Å². The van der Waals surface area contributed by atoms with Crippen LogP contribution in [-0.4, -0.2) is 46.4 Å². The predicted octanol–water partition coefficient (Wildman–Crippen LogP) is 3.19. The van der Waals surface area contributed by atoms with Gasteiger partial charge in [0.1, 0.15) is 10.0 Å². The number of piperidine rings is 1. The molecule has 2 aromatic heterocycles. The summed E-state index contributed by atoms with van der Waals surface area (Å²) in [5.41, 5.74) is 1.22. The molecule has 1 amide bonds. The van der Waals surface area contributed by atoms with Crippen LogP contribution in [0, 0.1) is 23.0 Å². The van der Waals surface area contributed by atoms with E-state index in [1.165, 1.54) is 32.5 Å². The number of anilines is 1. The molecule has 3 aromatic rings. The molecule has 32 heavy (non-hydrogen) atoms. The van der Waals surface area contributed by atoms with E-state index < -0.39 is 14.9 Å². The van der Waals surface area contributed by atoms with Gasteiger partial charge in [0.15, 0.2) is 0 Å². The number of nitrogens with zero attached hydrogens (tertiary/aromatic N) is 4. The van der Waals surface area contributed by atoms with Crippen LogP contribution >= 0.6 is 11.3 Å². The Bertz CT molecular complexity index is 1230.